The summed E-state index contributed by atoms with van der Waals surface area (Å²) in [5.74, 6) is 0. The fraction of sp³-hybridized carbons (Fsp3) is 0.600. The second kappa shape index (κ2) is 6.02. The molecule has 0 rings (SSSR count). The Labute approximate surface area is 70.0 Å². The molecule has 0 atom stereocenters. The molecule has 2 N–H and O–H groups in total. The van der Waals surface area contributed by atoms with Crippen molar-refractivity contribution in [3.63, 3.8) is 0 Å². The smallest absolute Gasteiger partial charge is 0.00674 e. The van der Waals surface area contributed by atoms with Crippen LogP contribution < -0.4 is 5.73 Å². The van der Waals surface area contributed by atoms with Gasteiger partial charge in [0.15, 0.2) is 0 Å². The van der Waals surface area contributed by atoms with E-state index in [4.69, 9.17) is 5.73 Å². The molecule has 0 saturated carbocycles. The summed E-state index contributed by atoms with van der Waals surface area (Å²) in [6.45, 7) is 6.46. The lowest BCUT2D eigenvalue weighted by Gasteiger charge is -1.99. The predicted octanol–water partition coefficient (Wildman–Crippen LogP) is 2.99. The van der Waals surface area contributed by atoms with Crippen LogP contribution in [0.1, 0.15) is 40.0 Å². The van der Waals surface area contributed by atoms with Gasteiger partial charge in [0.25, 0.3) is 0 Å². The molecule has 0 fully saturated rings. The number of allylic oxidation sites excluding steroid dienone is 3. The number of nitrogens with two attached hydrogens (primary N) is 1. The first-order valence-electron chi connectivity index (χ1n) is 4.29. The highest BCUT2D eigenvalue weighted by Gasteiger charge is 1.89. The summed E-state index contributed by atoms with van der Waals surface area (Å²) >= 11 is 0. The van der Waals surface area contributed by atoms with Gasteiger partial charge in [-0.05, 0) is 32.4 Å². The van der Waals surface area contributed by atoms with E-state index in [1.165, 1.54) is 11.1 Å². The third kappa shape index (κ3) is 4.65. The summed E-state index contributed by atoms with van der Waals surface area (Å²) in [5, 5.41) is 0. The SMILES string of the molecule is CC/C(=C/N)C/C=C(\C)CC. The van der Waals surface area contributed by atoms with Gasteiger partial charge in [-0.2, -0.15) is 0 Å². The van der Waals surface area contributed by atoms with Crippen LogP contribution in [-0.2, 0) is 0 Å². The minimum atomic E-state index is 1.02. The van der Waals surface area contributed by atoms with E-state index in [2.05, 4.69) is 26.8 Å². The maximum absolute atomic E-state index is 5.42. The number of hydrogen-bond donors (Lipinski definition) is 1. The molecule has 0 bridgehead atoms. The van der Waals surface area contributed by atoms with Crippen LogP contribution in [0, 0.1) is 0 Å². The molecule has 0 aliphatic carbocycles. The Hall–Kier alpha value is -0.720. The second-order valence-corrected chi connectivity index (χ2v) is 2.79. The lowest BCUT2D eigenvalue weighted by Crippen LogP contribution is -1.86. The molecule has 0 heterocycles. The molecule has 0 aliphatic rings. The fourth-order valence-electron chi connectivity index (χ4n) is 0.780. The highest BCUT2D eigenvalue weighted by Crippen LogP contribution is 2.08. The largest absolute Gasteiger partial charge is 0.405 e. The number of rotatable bonds is 4. The van der Waals surface area contributed by atoms with E-state index in [1.54, 1.807) is 6.20 Å². The Morgan fingerprint density at radius 1 is 1.27 bits per heavy atom. The molecule has 0 spiro atoms. The third-order valence-electron chi connectivity index (χ3n) is 1.96. The summed E-state index contributed by atoms with van der Waals surface area (Å²) < 4.78 is 0. The average Bonchev–Trinajstić information content (AvgIpc) is 2.06. The van der Waals surface area contributed by atoms with E-state index in [9.17, 15) is 0 Å². The summed E-state index contributed by atoms with van der Waals surface area (Å²) in [5.41, 5.74) is 8.18. The predicted molar refractivity (Wildman–Crippen MR) is 51.2 cm³/mol. The van der Waals surface area contributed by atoms with Gasteiger partial charge in [0.05, 0.1) is 0 Å². The van der Waals surface area contributed by atoms with Crippen molar-refractivity contribution in [3.05, 3.63) is 23.4 Å². The summed E-state index contributed by atoms with van der Waals surface area (Å²) in [7, 11) is 0. The van der Waals surface area contributed by atoms with E-state index >= 15 is 0 Å². The van der Waals surface area contributed by atoms with Gasteiger partial charge >= 0.3 is 0 Å². The average molecular weight is 153 g/mol. The highest BCUT2D eigenvalue weighted by atomic mass is 14.5. The highest BCUT2D eigenvalue weighted by molar-refractivity contribution is 5.09. The van der Waals surface area contributed by atoms with Crippen molar-refractivity contribution >= 4 is 0 Å². The molecule has 64 valence electrons. The van der Waals surface area contributed by atoms with Crippen LogP contribution in [0.25, 0.3) is 0 Å². The van der Waals surface area contributed by atoms with Gasteiger partial charge in [-0.25, -0.2) is 0 Å². The minimum absolute atomic E-state index is 1.02. The van der Waals surface area contributed by atoms with Gasteiger partial charge in [0, 0.05) is 0 Å². The monoisotopic (exact) mass is 153 g/mol. The van der Waals surface area contributed by atoms with Crippen LogP contribution in [0.5, 0.6) is 0 Å². The van der Waals surface area contributed by atoms with E-state index in [-0.39, 0.29) is 0 Å². The van der Waals surface area contributed by atoms with Gasteiger partial charge in [-0.3, -0.25) is 0 Å². The second-order valence-electron chi connectivity index (χ2n) is 2.79. The molecule has 0 aliphatic heterocycles. The van der Waals surface area contributed by atoms with Crippen molar-refractivity contribution in [2.24, 2.45) is 5.73 Å². The molecule has 1 heteroatoms. The van der Waals surface area contributed by atoms with Gasteiger partial charge in [-0.1, -0.05) is 31.1 Å². The lowest BCUT2D eigenvalue weighted by atomic mass is 10.1. The molecule has 11 heavy (non-hydrogen) atoms. The first-order chi connectivity index (χ1) is 5.24. The molecule has 0 radical (unpaired) electrons. The maximum Gasteiger partial charge on any atom is -0.00674 e. The van der Waals surface area contributed by atoms with Crippen LogP contribution in [0.15, 0.2) is 23.4 Å². The molecule has 0 aromatic heterocycles. The normalized spacial score (nSPS) is 13.7. The minimum Gasteiger partial charge on any atom is -0.405 e. The Bertz CT molecular complexity index is 154. The van der Waals surface area contributed by atoms with Gasteiger partial charge in [0.1, 0.15) is 0 Å². The lowest BCUT2D eigenvalue weighted by molar-refractivity contribution is 0.994. The Morgan fingerprint density at radius 2 is 1.91 bits per heavy atom. The van der Waals surface area contributed by atoms with E-state index in [0.717, 1.165) is 19.3 Å². The quantitative estimate of drug-likeness (QED) is 0.617. The van der Waals surface area contributed by atoms with Gasteiger partial charge in [-0.15, -0.1) is 0 Å². The van der Waals surface area contributed by atoms with E-state index in [1.807, 2.05) is 0 Å². The Balaban J connectivity index is 3.85. The summed E-state index contributed by atoms with van der Waals surface area (Å²) in [6.07, 6.45) is 7.19. The van der Waals surface area contributed by atoms with E-state index < -0.39 is 0 Å². The molecule has 0 aromatic carbocycles. The Morgan fingerprint density at radius 3 is 2.27 bits per heavy atom. The van der Waals surface area contributed by atoms with E-state index in [0.29, 0.717) is 0 Å². The molecule has 1 nitrogen and oxygen atoms in total. The molecular formula is C10H19N. The van der Waals surface area contributed by atoms with Crippen molar-refractivity contribution < 1.29 is 0 Å². The van der Waals surface area contributed by atoms with Crippen molar-refractivity contribution in [2.45, 2.75) is 40.0 Å². The zero-order valence-corrected chi connectivity index (χ0v) is 7.85. The Kier molecular flexibility index (Phi) is 5.63. The molecule has 0 aromatic rings. The maximum atomic E-state index is 5.42. The first kappa shape index (κ1) is 10.3. The first-order valence-corrected chi connectivity index (χ1v) is 4.29. The standard InChI is InChI=1S/C10H19N/c1-4-9(3)6-7-10(5-2)8-11/h6,8H,4-5,7,11H2,1-3H3/b9-6+,10-8-. The van der Waals surface area contributed by atoms with Crippen molar-refractivity contribution in [1.82, 2.24) is 0 Å². The van der Waals surface area contributed by atoms with Crippen LogP contribution in [0.2, 0.25) is 0 Å². The van der Waals surface area contributed by atoms with Crippen LogP contribution >= 0.6 is 0 Å². The topological polar surface area (TPSA) is 26.0 Å². The zero-order chi connectivity index (χ0) is 8.69. The van der Waals surface area contributed by atoms with Crippen molar-refractivity contribution in [3.8, 4) is 0 Å². The van der Waals surface area contributed by atoms with Crippen LogP contribution in [0.4, 0.5) is 0 Å². The number of hydrogen-bond acceptors (Lipinski definition) is 1. The van der Waals surface area contributed by atoms with Crippen LogP contribution in [-0.4, -0.2) is 0 Å². The van der Waals surface area contributed by atoms with Crippen molar-refractivity contribution in [1.29, 1.82) is 0 Å². The molecule has 0 amide bonds. The molecular weight excluding hydrogens is 134 g/mol. The fourth-order valence-corrected chi connectivity index (χ4v) is 0.780. The van der Waals surface area contributed by atoms with Crippen LogP contribution in [0.3, 0.4) is 0 Å². The molecule has 0 saturated heterocycles. The zero-order valence-electron chi connectivity index (χ0n) is 7.85. The van der Waals surface area contributed by atoms with Crippen molar-refractivity contribution in [2.75, 3.05) is 0 Å². The summed E-state index contributed by atoms with van der Waals surface area (Å²) in [4.78, 5) is 0. The van der Waals surface area contributed by atoms with Gasteiger partial charge in [0.2, 0.25) is 0 Å². The molecule has 0 unspecified atom stereocenters. The third-order valence-corrected chi connectivity index (χ3v) is 1.96. The summed E-state index contributed by atoms with van der Waals surface area (Å²) in [6, 6.07) is 0. The van der Waals surface area contributed by atoms with Gasteiger partial charge < -0.3 is 5.73 Å².